The van der Waals surface area contributed by atoms with Crippen molar-refractivity contribution in [2.45, 2.75) is 12.6 Å². The van der Waals surface area contributed by atoms with Gasteiger partial charge in [-0.15, -0.1) is 0 Å². The summed E-state index contributed by atoms with van der Waals surface area (Å²) in [5, 5.41) is 15.0. The number of anilines is 1. The van der Waals surface area contributed by atoms with Crippen molar-refractivity contribution in [3.05, 3.63) is 65.8 Å². The van der Waals surface area contributed by atoms with E-state index in [0.29, 0.717) is 29.5 Å². The van der Waals surface area contributed by atoms with Gasteiger partial charge in [-0.05, 0) is 17.7 Å². The second-order valence-corrected chi connectivity index (χ2v) is 6.24. The van der Waals surface area contributed by atoms with Gasteiger partial charge in [-0.1, -0.05) is 6.07 Å². The quantitative estimate of drug-likeness (QED) is 0.681. The summed E-state index contributed by atoms with van der Waals surface area (Å²) in [6, 6.07) is 6.25. The Kier molecular flexibility index (Phi) is 5.72. The first-order chi connectivity index (χ1) is 13.5. The zero-order chi connectivity index (χ0) is 20.1. The van der Waals surface area contributed by atoms with Crippen LogP contribution in [0, 0.1) is 11.3 Å². The second-order valence-electron chi connectivity index (χ2n) is 6.24. The highest BCUT2D eigenvalue weighted by Gasteiger charge is 2.24. The fraction of sp³-hybridized carbons (Fsp3) is 0.263. The number of ether oxygens (including phenoxy) is 1. The largest absolute Gasteiger partial charge is 0.380 e. The van der Waals surface area contributed by atoms with E-state index < -0.39 is 12.1 Å². The van der Waals surface area contributed by atoms with Crippen LogP contribution in [0.5, 0.6) is 0 Å². The Morgan fingerprint density at radius 1 is 1.21 bits per heavy atom. The predicted octanol–water partition coefficient (Wildman–Crippen LogP) is 2.08. The van der Waals surface area contributed by atoms with Crippen LogP contribution >= 0.6 is 0 Å². The lowest BCUT2D eigenvalue weighted by atomic mass is 10.1. The van der Waals surface area contributed by atoms with E-state index in [1.165, 1.54) is 0 Å². The van der Waals surface area contributed by atoms with Crippen LogP contribution in [0.15, 0.2) is 43.0 Å². The van der Waals surface area contributed by atoms with E-state index in [-0.39, 0.29) is 0 Å². The Balaban J connectivity index is 1.81. The number of hydrogen-bond acceptors (Lipinski definition) is 5. The van der Waals surface area contributed by atoms with Crippen LogP contribution in [0.1, 0.15) is 28.8 Å². The molecule has 2 heterocycles. The third kappa shape index (κ3) is 4.02. The molecule has 0 radical (unpaired) electrons. The molecule has 0 unspecified atom stereocenters. The Bertz CT molecular complexity index is 975. The van der Waals surface area contributed by atoms with Crippen molar-refractivity contribution in [2.24, 2.45) is 14.1 Å². The van der Waals surface area contributed by atoms with Crippen LogP contribution in [-0.2, 0) is 25.4 Å². The molecule has 3 rings (SSSR count). The molecule has 0 bridgehead atoms. The van der Waals surface area contributed by atoms with Gasteiger partial charge in [0, 0.05) is 51.7 Å². The van der Waals surface area contributed by atoms with Gasteiger partial charge in [0.1, 0.15) is 17.7 Å². The Morgan fingerprint density at radius 3 is 2.36 bits per heavy atom. The van der Waals surface area contributed by atoms with Gasteiger partial charge < -0.3 is 24.5 Å². The number of rotatable bonds is 6. The number of nitrogens with zero attached hydrogens (tertiary/aromatic N) is 5. The number of methoxy groups -OCH3 is 1. The number of nitriles is 1. The van der Waals surface area contributed by atoms with Crippen molar-refractivity contribution < 1.29 is 9.53 Å². The highest BCUT2D eigenvalue weighted by Crippen LogP contribution is 2.20. The normalized spacial score (nSPS) is 10.7. The van der Waals surface area contributed by atoms with Crippen LogP contribution in [0.4, 0.5) is 10.5 Å². The Labute approximate surface area is 162 Å². The van der Waals surface area contributed by atoms with E-state index in [1.807, 2.05) is 23.2 Å². The number of carbonyl (C=O) groups excluding carboxylic acids is 1. The van der Waals surface area contributed by atoms with Crippen molar-refractivity contribution in [1.82, 2.24) is 24.4 Å². The number of aryl methyl sites for hydroxylation is 2. The average Bonchev–Trinajstić information content (AvgIpc) is 3.29. The van der Waals surface area contributed by atoms with Crippen molar-refractivity contribution in [1.29, 1.82) is 5.26 Å². The molecular formula is C19H21N7O2. The number of hydrogen-bond donors (Lipinski definition) is 2. The first kappa shape index (κ1) is 19.1. The molecule has 0 spiro atoms. The maximum absolute atomic E-state index is 12.6. The molecule has 144 valence electrons. The number of urea groups is 1. The molecule has 28 heavy (non-hydrogen) atoms. The van der Waals surface area contributed by atoms with Gasteiger partial charge in [0.25, 0.3) is 0 Å². The number of imidazole rings is 2. The molecule has 2 N–H and O–H groups in total. The topological polar surface area (TPSA) is 110 Å². The summed E-state index contributed by atoms with van der Waals surface area (Å²) in [6.45, 7) is 0.329. The molecule has 9 nitrogen and oxygen atoms in total. The third-order valence-corrected chi connectivity index (χ3v) is 4.30. The summed E-state index contributed by atoms with van der Waals surface area (Å²) in [4.78, 5) is 21.3. The van der Waals surface area contributed by atoms with Gasteiger partial charge in [0.2, 0.25) is 0 Å². The summed E-state index contributed by atoms with van der Waals surface area (Å²) >= 11 is 0. The van der Waals surface area contributed by atoms with E-state index in [1.54, 1.807) is 50.1 Å². The highest BCUT2D eigenvalue weighted by molar-refractivity contribution is 5.90. The molecule has 0 atom stereocenters. The zero-order valence-electron chi connectivity index (χ0n) is 15.9. The van der Waals surface area contributed by atoms with Gasteiger partial charge in [0.15, 0.2) is 0 Å². The van der Waals surface area contributed by atoms with Gasteiger partial charge in [-0.2, -0.15) is 5.26 Å². The molecule has 0 saturated heterocycles. The average molecular weight is 379 g/mol. The van der Waals surface area contributed by atoms with Crippen LogP contribution in [0.3, 0.4) is 0 Å². The van der Waals surface area contributed by atoms with E-state index in [2.05, 4.69) is 26.7 Å². The van der Waals surface area contributed by atoms with Gasteiger partial charge in [-0.25, -0.2) is 14.8 Å². The first-order valence-electron chi connectivity index (χ1n) is 8.57. The molecule has 0 aliphatic carbocycles. The highest BCUT2D eigenvalue weighted by atomic mass is 16.5. The van der Waals surface area contributed by atoms with Gasteiger partial charge >= 0.3 is 6.03 Å². The molecule has 2 amide bonds. The predicted molar refractivity (Wildman–Crippen MR) is 102 cm³/mol. The second kappa shape index (κ2) is 8.37. The first-order valence-corrected chi connectivity index (χ1v) is 8.57. The third-order valence-electron chi connectivity index (χ3n) is 4.30. The van der Waals surface area contributed by atoms with Crippen molar-refractivity contribution in [3.63, 3.8) is 0 Å². The minimum absolute atomic E-state index is 0.329. The zero-order valence-corrected chi connectivity index (χ0v) is 15.9. The summed E-state index contributed by atoms with van der Waals surface area (Å²) in [5.74, 6) is 1.30. The van der Waals surface area contributed by atoms with Crippen LogP contribution in [0.25, 0.3) is 0 Å². The van der Waals surface area contributed by atoms with Crippen LogP contribution in [-0.4, -0.2) is 32.2 Å². The summed E-state index contributed by atoms with van der Waals surface area (Å²) in [7, 11) is 5.27. The van der Waals surface area contributed by atoms with Crippen LogP contribution in [0.2, 0.25) is 0 Å². The molecule has 0 fully saturated rings. The number of aromatic nitrogens is 4. The molecule has 9 heteroatoms. The maximum atomic E-state index is 12.6. The minimum atomic E-state index is -0.539. The lowest BCUT2D eigenvalue weighted by Crippen LogP contribution is -2.35. The Morgan fingerprint density at radius 2 is 1.86 bits per heavy atom. The van der Waals surface area contributed by atoms with Crippen LogP contribution < -0.4 is 10.6 Å². The van der Waals surface area contributed by atoms with Crippen molar-refractivity contribution in [2.75, 3.05) is 12.4 Å². The molecule has 3 aromatic rings. The lowest BCUT2D eigenvalue weighted by molar-refractivity contribution is 0.184. The smallest absolute Gasteiger partial charge is 0.320 e. The summed E-state index contributed by atoms with van der Waals surface area (Å²) in [5.41, 5.74) is 1.71. The molecule has 0 saturated carbocycles. The van der Waals surface area contributed by atoms with Crippen molar-refractivity contribution in [3.8, 4) is 6.07 Å². The summed E-state index contributed by atoms with van der Waals surface area (Å²) < 4.78 is 8.73. The molecule has 1 aromatic carbocycles. The minimum Gasteiger partial charge on any atom is -0.380 e. The Hall–Kier alpha value is -3.64. The van der Waals surface area contributed by atoms with Crippen molar-refractivity contribution >= 4 is 11.7 Å². The van der Waals surface area contributed by atoms with E-state index in [4.69, 9.17) is 4.74 Å². The fourth-order valence-electron chi connectivity index (χ4n) is 2.89. The van der Waals surface area contributed by atoms with Gasteiger partial charge in [0.05, 0.1) is 18.2 Å². The lowest BCUT2D eigenvalue weighted by Gasteiger charge is -2.19. The van der Waals surface area contributed by atoms with Gasteiger partial charge in [-0.3, -0.25) is 0 Å². The molecule has 0 aliphatic heterocycles. The monoisotopic (exact) mass is 379 g/mol. The van der Waals surface area contributed by atoms with E-state index >= 15 is 0 Å². The number of benzene rings is 1. The van der Waals surface area contributed by atoms with E-state index in [9.17, 15) is 10.1 Å². The number of amides is 2. The summed E-state index contributed by atoms with van der Waals surface area (Å²) in [6.07, 6.45) is 6.94. The standard InChI is InChI=1S/C19H21N7O2/c1-25-8-6-21-17(25)16(18-22-7-9-26(18)2)24-19(27)23-15-5-4-13(12-28-3)14(10-15)11-20/h4-10,16H,12H2,1-3H3,(H2,23,24,27). The number of nitrogens with one attached hydrogen (secondary N) is 2. The molecule has 2 aromatic heterocycles. The fourth-order valence-corrected chi connectivity index (χ4v) is 2.89. The molecule has 0 aliphatic rings. The number of carbonyl (C=O) groups is 1. The van der Waals surface area contributed by atoms with E-state index in [0.717, 1.165) is 5.56 Å². The molecular weight excluding hydrogens is 358 g/mol. The SMILES string of the molecule is COCc1ccc(NC(=O)NC(c2nccn2C)c2nccn2C)cc1C#N. The maximum Gasteiger partial charge on any atom is 0.320 e.